The highest BCUT2D eigenvalue weighted by Gasteiger charge is 2.23. The average Bonchev–Trinajstić information content (AvgIpc) is 2.67. The molecule has 3 aromatic rings. The number of ether oxygens (including phenoxy) is 1. The highest BCUT2D eigenvalue weighted by Crippen LogP contribution is 2.14. The van der Waals surface area contributed by atoms with Gasteiger partial charge < -0.3 is 9.64 Å². The maximum Gasteiger partial charge on any atom is 0.359 e. The zero-order valence-electron chi connectivity index (χ0n) is 13.9. The van der Waals surface area contributed by atoms with Crippen molar-refractivity contribution in [1.82, 2.24) is 9.97 Å². The smallest absolute Gasteiger partial charge is 0.359 e. The Balaban J connectivity index is 1.71. The van der Waals surface area contributed by atoms with E-state index in [0.29, 0.717) is 11.0 Å². The highest BCUT2D eigenvalue weighted by atomic mass is 16.5. The standard InChI is InChI=1S/C19H17N3O3/c1-13(18(23)22(2)14-8-4-3-5-9-14)25-19(24)17-12-20-15-10-6-7-11-16(15)21-17/h3-13H,1-2H3/t13-/m1/s1. The summed E-state index contributed by atoms with van der Waals surface area (Å²) in [7, 11) is 1.64. The van der Waals surface area contributed by atoms with Crippen molar-refractivity contribution >= 4 is 28.6 Å². The summed E-state index contributed by atoms with van der Waals surface area (Å²) in [4.78, 5) is 34.6. The molecule has 2 aromatic carbocycles. The van der Waals surface area contributed by atoms with Crippen LogP contribution in [-0.4, -0.2) is 35.0 Å². The number of carbonyl (C=O) groups is 2. The third-order valence-electron chi connectivity index (χ3n) is 3.76. The van der Waals surface area contributed by atoms with Gasteiger partial charge in [0.25, 0.3) is 5.91 Å². The second-order valence-corrected chi connectivity index (χ2v) is 5.52. The lowest BCUT2D eigenvalue weighted by atomic mass is 10.2. The molecule has 0 spiro atoms. The zero-order chi connectivity index (χ0) is 17.8. The van der Waals surface area contributed by atoms with E-state index in [1.807, 2.05) is 30.3 Å². The lowest BCUT2D eigenvalue weighted by Crippen LogP contribution is -2.37. The molecule has 6 heteroatoms. The largest absolute Gasteiger partial charge is 0.448 e. The molecule has 0 saturated carbocycles. The Hall–Kier alpha value is -3.28. The summed E-state index contributed by atoms with van der Waals surface area (Å²) in [5.74, 6) is -1.01. The van der Waals surface area contributed by atoms with E-state index < -0.39 is 12.1 Å². The first-order valence-corrected chi connectivity index (χ1v) is 7.81. The second-order valence-electron chi connectivity index (χ2n) is 5.52. The first kappa shape index (κ1) is 16.6. The van der Waals surface area contributed by atoms with Gasteiger partial charge in [-0.3, -0.25) is 9.78 Å². The Kier molecular flexibility index (Phi) is 4.70. The molecule has 25 heavy (non-hydrogen) atoms. The average molecular weight is 335 g/mol. The fourth-order valence-electron chi connectivity index (χ4n) is 2.38. The molecule has 0 bridgehead atoms. The van der Waals surface area contributed by atoms with Gasteiger partial charge >= 0.3 is 5.97 Å². The third kappa shape index (κ3) is 3.63. The van der Waals surface area contributed by atoms with Crippen LogP contribution >= 0.6 is 0 Å². The fraction of sp³-hybridized carbons (Fsp3) is 0.158. The van der Waals surface area contributed by atoms with E-state index >= 15 is 0 Å². The van der Waals surface area contributed by atoms with E-state index in [0.717, 1.165) is 5.69 Å². The Morgan fingerprint density at radius 3 is 2.36 bits per heavy atom. The molecule has 0 N–H and O–H groups in total. The van der Waals surface area contributed by atoms with Crippen LogP contribution in [0.3, 0.4) is 0 Å². The van der Waals surface area contributed by atoms with Crippen LogP contribution in [0.15, 0.2) is 60.8 Å². The molecule has 6 nitrogen and oxygen atoms in total. The molecule has 0 unspecified atom stereocenters. The Labute approximate surface area is 145 Å². The number of para-hydroxylation sites is 3. The van der Waals surface area contributed by atoms with Gasteiger partial charge in [-0.05, 0) is 31.2 Å². The molecule has 0 saturated heterocycles. The molecule has 1 heterocycles. The summed E-state index contributed by atoms with van der Waals surface area (Å²) in [6, 6.07) is 16.4. The fourth-order valence-corrected chi connectivity index (χ4v) is 2.38. The molecule has 0 aliphatic heterocycles. The van der Waals surface area contributed by atoms with Crippen molar-refractivity contribution in [2.45, 2.75) is 13.0 Å². The number of fused-ring (bicyclic) bond motifs is 1. The molecular weight excluding hydrogens is 318 g/mol. The lowest BCUT2D eigenvalue weighted by Gasteiger charge is -2.21. The normalized spacial score (nSPS) is 11.8. The number of anilines is 1. The zero-order valence-corrected chi connectivity index (χ0v) is 13.9. The monoisotopic (exact) mass is 335 g/mol. The van der Waals surface area contributed by atoms with Crippen molar-refractivity contribution in [2.24, 2.45) is 0 Å². The molecule has 0 fully saturated rings. The molecule has 1 aromatic heterocycles. The van der Waals surface area contributed by atoms with Gasteiger partial charge in [-0.1, -0.05) is 30.3 Å². The topological polar surface area (TPSA) is 72.4 Å². The Morgan fingerprint density at radius 1 is 1.00 bits per heavy atom. The summed E-state index contributed by atoms with van der Waals surface area (Å²) >= 11 is 0. The molecule has 0 aliphatic rings. The third-order valence-corrected chi connectivity index (χ3v) is 3.76. The number of aromatic nitrogens is 2. The highest BCUT2D eigenvalue weighted by molar-refractivity contribution is 5.98. The van der Waals surface area contributed by atoms with Crippen molar-refractivity contribution in [2.75, 3.05) is 11.9 Å². The van der Waals surface area contributed by atoms with Crippen LogP contribution in [0, 0.1) is 0 Å². The van der Waals surface area contributed by atoms with Crippen molar-refractivity contribution < 1.29 is 14.3 Å². The second kappa shape index (κ2) is 7.09. The Morgan fingerprint density at radius 2 is 1.64 bits per heavy atom. The lowest BCUT2D eigenvalue weighted by molar-refractivity contribution is -0.126. The van der Waals surface area contributed by atoms with Crippen LogP contribution in [0.5, 0.6) is 0 Å². The number of carbonyl (C=O) groups excluding carboxylic acids is 2. The molecule has 3 rings (SSSR count). The number of likely N-dealkylation sites (N-methyl/N-ethyl adjacent to an activating group) is 1. The van der Waals surface area contributed by atoms with E-state index in [1.54, 1.807) is 31.3 Å². The quantitative estimate of drug-likeness (QED) is 0.686. The first-order valence-electron chi connectivity index (χ1n) is 7.81. The predicted octanol–water partition coefficient (Wildman–Crippen LogP) is 2.84. The van der Waals surface area contributed by atoms with E-state index in [4.69, 9.17) is 4.74 Å². The summed E-state index contributed by atoms with van der Waals surface area (Å²) in [6.07, 6.45) is 0.411. The van der Waals surface area contributed by atoms with Gasteiger partial charge in [-0.15, -0.1) is 0 Å². The number of esters is 1. The van der Waals surface area contributed by atoms with Gasteiger partial charge in [-0.25, -0.2) is 9.78 Å². The van der Waals surface area contributed by atoms with Crippen molar-refractivity contribution in [3.8, 4) is 0 Å². The molecule has 1 atom stereocenters. The van der Waals surface area contributed by atoms with Crippen LogP contribution < -0.4 is 4.90 Å². The van der Waals surface area contributed by atoms with Crippen LogP contribution in [0.1, 0.15) is 17.4 Å². The van der Waals surface area contributed by atoms with Crippen molar-refractivity contribution in [3.05, 3.63) is 66.5 Å². The SMILES string of the molecule is C[C@@H](OC(=O)c1cnc2ccccc2n1)C(=O)N(C)c1ccccc1. The van der Waals surface area contributed by atoms with Gasteiger partial charge in [0.15, 0.2) is 11.8 Å². The van der Waals surface area contributed by atoms with Gasteiger partial charge in [0.1, 0.15) is 0 Å². The maximum atomic E-state index is 12.4. The molecule has 0 aliphatic carbocycles. The molecule has 126 valence electrons. The number of hydrogen-bond acceptors (Lipinski definition) is 5. The van der Waals surface area contributed by atoms with Crippen LogP contribution in [0.25, 0.3) is 11.0 Å². The van der Waals surface area contributed by atoms with Gasteiger partial charge in [-0.2, -0.15) is 0 Å². The number of rotatable bonds is 4. The summed E-state index contributed by atoms with van der Waals surface area (Å²) in [5, 5.41) is 0. The van der Waals surface area contributed by atoms with E-state index in [2.05, 4.69) is 9.97 Å². The van der Waals surface area contributed by atoms with Crippen LogP contribution in [0.2, 0.25) is 0 Å². The van der Waals surface area contributed by atoms with Crippen molar-refractivity contribution in [1.29, 1.82) is 0 Å². The van der Waals surface area contributed by atoms with Crippen molar-refractivity contribution in [3.63, 3.8) is 0 Å². The van der Waals surface area contributed by atoms with Gasteiger partial charge in [0.2, 0.25) is 0 Å². The van der Waals surface area contributed by atoms with Gasteiger partial charge in [0.05, 0.1) is 17.2 Å². The molecular formula is C19H17N3O3. The number of nitrogens with zero attached hydrogens (tertiary/aromatic N) is 3. The minimum atomic E-state index is -0.939. The van der Waals surface area contributed by atoms with E-state index in [1.165, 1.54) is 18.0 Å². The van der Waals surface area contributed by atoms with E-state index in [9.17, 15) is 9.59 Å². The number of hydrogen-bond donors (Lipinski definition) is 0. The number of amides is 1. The summed E-state index contributed by atoms with van der Waals surface area (Å²) in [5.41, 5.74) is 2.07. The maximum absolute atomic E-state index is 12.4. The number of benzene rings is 2. The van der Waals surface area contributed by atoms with Gasteiger partial charge in [0, 0.05) is 12.7 Å². The molecule has 1 amide bonds. The first-order chi connectivity index (χ1) is 12.1. The van der Waals surface area contributed by atoms with Crippen LogP contribution in [0.4, 0.5) is 5.69 Å². The molecule has 0 radical (unpaired) electrons. The summed E-state index contributed by atoms with van der Waals surface area (Å²) < 4.78 is 5.26. The van der Waals surface area contributed by atoms with E-state index in [-0.39, 0.29) is 11.6 Å². The van der Waals surface area contributed by atoms with Crippen LogP contribution in [-0.2, 0) is 9.53 Å². The summed E-state index contributed by atoms with van der Waals surface area (Å²) in [6.45, 7) is 1.54. The predicted molar refractivity (Wildman–Crippen MR) is 94.3 cm³/mol. The minimum absolute atomic E-state index is 0.0701. The Bertz CT molecular complexity index is 912. The minimum Gasteiger partial charge on any atom is -0.448 e.